The van der Waals surface area contributed by atoms with Crippen molar-refractivity contribution in [3.63, 3.8) is 0 Å². The number of nitrogens with zero attached hydrogens (tertiary/aromatic N) is 2. The van der Waals surface area contributed by atoms with Crippen molar-refractivity contribution in [1.29, 1.82) is 0 Å². The Bertz CT molecular complexity index is 1010. The van der Waals surface area contributed by atoms with Crippen LogP contribution in [-0.4, -0.2) is 43.0 Å². The molecule has 0 bridgehead atoms. The Morgan fingerprint density at radius 1 is 1.33 bits per heavy atom. The van der Waals surface area contributed by atoms with E-state index in [2.05, 4.69) is 26.8 Å². The maximum absolute atomic E-state index is 13.7. The molecule has 2 aliphatic heterocycles. The van der Waals surface area contributed by atoms with Gasteiger partial charge in [-0.05, 0) is 57.4 Å². The number of hydrogen-bond acceptors (Lipinski definition) is 6. The van der Waals surface area contributed by atoms with Gasteiger partial charge in [0.1, 0.15) is 0 Å². The Morgan fingerprint density at radius 3 is 2.83 bits per heavy atom. The average molecular weight is 461 g/mol. The molecule has 0 amide bonds. The van der Waals surface area contributed by atoms with Crippen LogP contribution in [0.25, 0.3) is 0 Å². The second-order valence-electron chi connectivity index (χ2n) is 7.91. The Morgan fingerprint density at radius 2 is 2.13 bits per heavy atom. The number of hydrogen-bond donors (Lipinski definition) is 2. The number of thiazole rings is 1. The molecule has 4 rings (SSSR count). The number of rotatable bonds is 6. The second-order valence-corrected chi connectivity index (χ2v) is 10.5. The summed E-state index contributed by atoms with van der Waals surface area (Å²) in [7, 11) is -4.17. The van der Waals surface area contributed by atoms with Gasteiger partial charge < -0.3 is 5.32 Å². The number of aromatic nitrogens is 1. The molecule has 0 saturated carbocycles. The molecule has 0 aliphatic carbocycles. The third-order valence-corrected chi connectivity index (χ3v) is 8.23. The Hall–Kier alpha value is -1.85. The fourth-order valence-electron chi connectivity index (χ4n) is 4.61. The number of nitrogens with one attached hydrogen (secondary N) is 2. The van der Waals surface area contributed by atoms with Crippen LogP contribution in [0.1, 0.15) is 38.2 Å². The molecule has 3 heterocycles. The number of benzene rings is 1. The maximum Gasteiger partial charge on any atom is 0.418 e. The summed E-state index contributed by atoms with van der Waals surface area (Å²) in [6.07, 6.45) is 0.700. The highest BCUT2D eigenvalue weighted by Crippen LogP contribution is 2.43. The molecule has 0 spiro atoms. The molecule has 1 aromatic carbocycles. The molecule has 0 radical (unpaired) electrons. The molecule has 1 aromatic heterocycles. The predicted octanol–water partition coefficient (Wildman–Crippen LogP) is 4.39. The lowest BCUT2D eigenvalue weighted by molar-refractivity contribution is -0.137. The highest BCUT2D eigenvalue weighted by molar-refractivity contribution is 7.93. The van der Waals surface area contributed by atoms with Crippen molar-refractivity contribution in [1.82, 2.24) is 9.88 Å². The average Bonchev–Trinajstić information content (AvgIpc) is 3.38. The minimum Gasteiger partial charge on any atom is -0.383 e. The van der Waals surface area contributed by atoms with E-state index in [0.29, 0.717) is 18.7 Å². The summed E-state index contributed by atoms with van der Waals surface area (Å²) in [5.41, 5.74) is -1.22. The Labute approximate surface area is 177 Å². The van der Waals surface area contributed by atoms with Crippen molar-refractivity contribution in [3.8, 4) is 0 Å². The fraction of sp³-hybridized carbons (Fsp3) is 0.526. The predicted molar refractivity (Wildman–Crippen MR) is 110 cm³/mol. The van der Waals surface area contributed by atoms with Crippen LogP contribution in [0.4, 0.5) is 24.0 Å². The van der Waals surface area contributed by atoms with Crippen molar-refractivity contribution < 1.29 is 21.6 Å². The Balaban J connectivity index is 1.59. The lowest BCUT2D eigenvalue weighted by Crippen LogP contribution is -2.46. The van der Waals surface area contributed by atoms with E-state index >= 15 is 0 Å². The first-order chi connectivity index (χ1) is 14.1. The van der Waals surface area contributed by atoms with Gasteiger partial charge in [0.25, 0.3) is 10.0 Å². The van der Waals surface area contributed by atoms with Crippen LogP contribution in [0.3, 0.4) is 0 Å². The monoisotopic (exact) mass is 460 g/mol. The summed E-state index contributed by atoms with van der Waals surface area (Å²) < 4.78 is 68.5. The van der Waals surface area contributed by atoms with Crippen molar-refractivity contribution in [2.45, 2.75) is 55.3 Å². The van der Waals surface area contributed by atoms with E-state index in [4.69, 9.17) is 0 Å². The Kier molecular flexibility index (Phi) is 5.48. The largest absolute Gasteiger partial charge is 0.418 e. The molecular formula is C19H23F3N4O2S2. The van der Waals surface area contributed by atoms with Gasteiger partial charge in [0.05, 0.1) is 10.5 Å². The molecule has 2 saturated heterocycles. The van der Waals surface area contributed by atoms with Crippen LogP contribution in [0.2, 0.25) is 0 Å². The fourth-order valence-corrected chi connectivity index (χ4v) is 6.43. The minimum absolute atomic E-state index is 0.0986. The molecule has 6 nitrogen and oxygen atoms in total. The van der Waals surface area contributed by atoms with Crippen molar-refractivity contribution >= 4 is 32.2 Å². The number of alkyl halides is 3. The first-order valence-electron chi connectivity index (χ1n) is 9.75. The van der Waals surface area contributed by atoms with E-state index in [0.717, 1.165) is 43.6 Å². The van der Waals surface area contributed by atoms with Gasteiger partial charge in [-0.2, -0.15) is 13.2 Å². The molecule has 2 aliphatic rings. The van der Waals surface area contributed by atoms with E-state index in [1.165, 1.54) is 18.3 Å². The third kappa shape index (κ3) is 4.02. The van der Waals surface area contributed by atoms with E-state index in [1.807, 2.05) is 0 Å². The van der Waals surface area contributed by atoms with Crippen LogP contribution >= 0.6 is 11.3 Å². The molecule has 11 heteroatoms. The van der Waals surface area contributed by atoms with Crippen LogP contribution < -0.4 is 10.0 Å². The van der Waals surface area contributed by atoms with E-state index in [-0.39, 0.29) is 16.4 Å². The lowest BCUT2D eigenvalue weighted by atomic mass is 9.93. The van der Waals surface area contributed by atoms with Gasteiger partial charge in [-0.15, -0.1) is 11.3 Å². The van der Waals surface area contributed by atoms with Gasteiger partial charge >= 0.3 is 6.18 Å². The van der Waals surface area contributed by atoms with E-state index in [1.54, 1.807) is 5.38 Å². The summed E-state index contributed by atoms with van der Waals surface area (Å²) in [4.78, 5) is 5.75. The van der Waals surface area contributed by atoms with Gasteiger partial charge in [-0.3, -0.25) is 9.62 Å². The molecule has 2 N–H and O–H groups in total. The maximum atomic E-state index is 13.7. The number of sulfonamides is 1. The molecule has 30 heavy (non-hydrogen) atoms. The lowest BCUT2D eigenvalue weighted by Gasteiger charge is -2.35. The summed E-state index contributed by atoms with van der Waals surface area (Å²) >= 11 is 1.05. The van der Waals surface area contributed by atoms with Crippen molar-refractivity contribution in [2.75, 3.05) is 23.1 Å². The molecule has 164 valence electrons. The van der Waals surface area contributed by atoms with Crippen molar-refractivity contribution in [3.05, 3.63) is 35.3 Å². The third-order valence-electron chi connectivity index (χ3n) is 6.08. The van der Waals surface area contributed by atoms with Crippen LogP contribution in [0, 0.1) is 0 Å². The van der Waals surface area contributed by atoms with Gasteiger partial charge in [-0.25, -0.2) is 13.4 Å². The summed E-state index contributed by atoms with van der Waals surface area (Å²) in [6, 6.07) is 3.50. The number of anilines is 2. The summed E-state index contributed by atoms with van der Waals surface area (Å²) in [5.74, 6) is 0. The van der Waals surface area contributed by atoms with Crippen LogP contribution in [0.15, 0.2) is 34.7 Å². The SMILES string of the molecule is C[C@H]1CC[C@@]2(CNc3ccc(S(=O)(=O)Nc4nccs4)cc3C(F)(F)F)CCCN12. The zero-order chi connectivity index (χ0) is 21.6. The minimum atomic E-state index is -4.69. The molecular weight excluding hydrogens is 437 g/mol. The second kappa shape index (κ2) is 7.69. The van der Waals surface area contributed by atoms with Crippen LogP contribution in [0.5, 0.6) is 0 Å². The molecule has 0 unspecified atom stereocenters. The quantitative estimate of drug-likeness (QED) is 0.669. The summed E-state index contributed by atoms with van der Waals surface area (Å²) in [6.45, 7) is 3.53. The van der Waals surface area contributed by atoms with Gasteiger partial charge in [0.2, 0.25) is 0 Å². The topological polar surface area (TPSA) is 74.3 Å². The van der Waals surface area contributed by atoms with Crippen LogP contribution in [-0.2, 0) is 16.2 Å². The van der Waals surface area contributed by atoms with E-state index < -0.39 is 26.7 Å². The number of fused-ring (bicyclic) bond motifs is 1. The summed E-state index contributed by atoms with van der Waals surface area (Å²) in [5, 5.41) is 4.65. The molecule has 2 fully saturated rings. The molecule has 2 aromatic rings. The normalized spacial score (nSPS) is 24.7. The van der Waals surface area contributed by atoms with Gasteiger partial charge in [-0.1, -0.05) is 0 Å². The van der Waals surface area contributed by atoms with Crippen molar-refractivity contribution in [2.24, 2.45) is 0 Å². The standard InChI is InChI=1S/C19H23F3N4O2S2/c1-13-5-7-18(6-2-9-26(13)18)12-24-16-4-3-14(11-15(16)19(20,21)22)30(27,28)25-17-23-8-10-29-17/h3-4,8,10-11,13,24H,2,5-7,9,12H2,1H3,(H,23,25)/t13-,18+/m0/s1. The highest BCUT2D eigenvalue weighted by atomic mass is 32.2. The zero-order valence-corrected chi connectivity index (χ0v) is 18.0. The highest BCUT2D eigenvalue weighted by Gasteiger charge is 2.47. The zero-order valence-electron chi connectivity index (χ0n) is 16.4. The van der Waals surface area contributed by atoms with Gasteiger partial charge in [0, 0.05) is 35.4 Å². The van der Waals surface area contributed by atoms with E-state index in [9.17, 15) is 21.6 Å². The smallest absolute Gasteiger partial charge is 0.383 e. The van der Waals surface area contributed by atoms with Gasteiger partial charge in [0.15, 0.2) is 5.13 Å². The molecule has 2 atom stereocenters. The first kappa shape index (κ1) is 21.4. The number of halogens is 3. The first-order valence-corrected chi connectivity index (χ1v) is 12.1.